The SMILES string of the molecule is COc1ccc(NC(=O)Cc2n[nH]c(=O)c3ccccc23)cc1NC(C)=O. The third kappa shape index (κ3) is 4.12. The van der Waals surface area contributed by atoms with Crippen LogP contribution in [0.3, 0.4) is 0 Å². The third-order valence-electron chi connectivity index (χ3n) is 3.90. The number of hydrogen-bond donors (Lipinski definition) is 3. The maximum Gasteiger partial charge on any atom is 0.272 e. The molecule has 0 radical (unpaired) electrons. The lowest BCUT2D eigenvalue weighted by Crippen LogP contribution is -2.18. The Morgan fingerprint density at radius 3 is 2.56 bits per heavy atom. The van der Waals surface area contributed by atoms with Gasteiger partial charge < -0.3 is 15.4 Å². The minimum absolute atomic E-state index is 0.0151. The highest BCUT2D eigenvalue weighted by molar-refractivity contribution is 5.97. The first-order valence-corrected chi connectivity index (χ1v) is 8.19. The molecule has 0 saturated heterocycles. The average Bonchev–Trinajstić information content (AvgIpc) is 2.64. The van der Waals surface area contributed by atoms with Gasteiger partial charge in [-0.3, -0.25) is 14.4 Å². The largest absolute Gasteiger partial charge is 0.495 e. The monoisotopic (exact) mass is 366 g/mol. The number of nitrogens with one attached hydrogen (secondary N) is 3. The molecule has 8 nitrogen and oxygen atoms in total. The Morgan fingerprint density at radius 2 is 1.85 bits per heavy atom. The number of carbonyl (C=O) groups excluding carboxylic acids is 2. The number of ether oxygens (including phenoxy) is 1. The van der Waals surface area contributed by atoms with Gasteiger partial charge in [-0.05, 0) is 24.3 Å². The summed E-state index contributed by atoms with van der Waals surface area (Å²) in [6.07, 6.45) is -0.0151. The molecule has 0 aliphatic rings. The number of anilines is 2. The molecule has 2 amide bonds. The summed E-state index contributed by atoms with van der Waals surface area (Å²) in [6.45, 7) is 1.39. The molecule has 1 heterocycles. The molecule has 3 rings (SSSR count). The van der Waals surface area contributed by atoms with Gasteiger partial charge >= 0.3 is 0 Å². The molecule has 0 atom stereocenters. The van der Waals surface area contributed by atoms with Crippen LogP contribution in [0.5, 0.6) is 5.75 Å². The summed E-state index contributed by atoms with van der Waals surface area (Å²) in [5.41, 5.74) is 1.12. The fraction of sp³-hybridized carbons (Fsp3) is 0.158. The van der Waals surface area contributed by atoms with E-state index in [4.69, 9.17) is 4.74 Å². The number of H-pyrrole nitrogens is 1. The molecule has 3 aromatic rings. The van der Waals surface area contributed by atoms with E-state index >= 15 is 0 Å². The van der Waals surface area contributed by atoms with Crippen LogP contribution in [0.4, 0.5) is 11.4 Å². The van der Waals surface area contributed by atoms with Crippen LogP contribution in [0.1, 0.15) is 12.6 Å². The molecule has 0 saturated carbocycles. The number of hydrogen-bond acceptors (Lipinski definition) is 5. The topological polar surface area (TPSA) is 113 Å². The number of aromatic amines is 1. The summed E-state index contributed by atoms with van der Waals surface area (Å²) in [5, 5.41) is 12.9. The first-order valence-electron chi connectivity index (χ1n) is 8.19. The van der Waals surface area contributed by atoms with Gasteiger partial charge in [0.25, 0.3) is 5.56 Å². The molecule has 0 fully saturated rings. The number of methoxy groups -OCH3 is 1. The van der Waals surface area contributed by atoms with Gasteiger partial charge in [-0.2, -0.15) is 5.10 Å². The highest BCUT2D eigenvalue weighted by atomic mass is 16.5. The van der Waals surface area contributed by atoms with Crippen molar-refractivity contribution in [2.75, 3.05) is 17.7 Å². The first kappa shape index (κ1) is 18.1. The maximum atomic E-state index is 12.4. The van der Waals surface area contributed by atoms with Gasteiger partial charge in [-0.1, -0.05) is 18.2 Å². The zero-order valence-corrected chi connectivity index (χ0v) is 14.8. The van der Waals surface area contributed by atoms with E-state index in [9.17, 15) is 14.4 Å². The van der Waals surface area contributed by atoms with Gasteiger partial charge in [-0.25, -0.2) is 5.10 Å². The van der Waals surface area contributed by atoms with Crippen molar-refractivity contribution < 1.29 is 14.3 Å². The van der Waals surface area contributed by atoms with Gasteiger partial charge in [0.15, 0.2) is 0 Å². The van der Waals surface area contributed by atoms with Gasteiger partial charge in [0, 0.05) is 18.0 Å². The van der Waals surface area contributed by atoms with Crippen LogP contribution in [0.15, 0.2) is 47.3 Å². The van der Waals surface area contributed by atoms with Crippen LogP contribution in [0.25, 0.3) is 10.8 Å². The molecule has 138 valence electrons. The molecule has 1 aromatic heterocycles. The predicted molar refractivity (Wildman–Crippen MR) is 102 cm³/mol. The van der Waals surface area contributed by atoms with Crippen LogP contribution in [-0.2, 0) is 16.0 Å². The second-order valence-corrected chi connectivity index (χ2v) is 5.87. The number of carbonyl (C=O) groups is 2. The van der Waals surface area contributed by atoms with Gasteiger partial charge in [0.1, 0.15) is 5.75 Å². The number of fused-ring (bicyclic) bond motifs is 1. The van der Waals surface area contributed by atoms with Crippen LogP contribution in [0.2, 0.25) is 0 Å². The summed E-state index contributed by atoms with van der Waals surface area (Å²) in [6, 6.07) is 11.9. The lowest BCUT2D eigenvalue weighted by molar-refractivity contribution is -0.116. The zero-order chi connectivity index (χ0) is 19.4. The Labute approximate surface area is 154 Å². The van der Waals surface area contributed by atoms with E-state index in [1.807, 2.05) is 0 Å². The Kier molecular flexibility index (Phi) is 5.16. The highest BCUT2D eigenvalue weighted by Crippen LogP contribution is 2.28. The number of rotatable bonds is 5. The zero-order valence-electron chi connectivity index (χ0n) is 14.8. The predicted octanol–water partition coefficient (Wildman–Crippen LogP) is 2.07. The van der Waals surface area contributed by atoms with Crippen LogP contribution >= 0.6 is 0 Å². The third-order valence-corrected chi connectivity index (χ3v) is 3.90. The van der Waals surface area contributed by atoms with Crippen molar-refractivity contribution in [3.8, 4) is 5.75 Å². The maximum absolute atomic E-state index is 12.4. The van der Waals surface area contributed by atoms with Gasteiger partial charge in [0.2, 0.25) is 11.8 Å². The molecule has 27 heavy (non-hydrogen) atoms. The Hall–Kier alpha value is -3.68. The first-order chi connectivity index (χ1) is 13.0. The lowest BCUT2D eigenvalue weighted by atomic mass is 10.1. The average molecular weight is 366 g/mol. The Morgan fingerprint density at radius 1 is 1.11 bits per heavy atom. The molecule has 0 bridgehead atoms. The van der Waals surface area contributed by atoms with Crippen molar-refractivity contribution in [2.45, 2.75) is 13.3 Å². The van der Waals surface area contributed by atoms with Crippen molar-refractivity contribution in [1.29, 1.82) is 0 Å². The molecule has 0 unspecified atom stereocenters. The van der Waals surface area contributed by atoms with E-state index in [-0.39, 0.29) is 23.8 Å². The van der Waals surface area contributed by atoms with E-state index < -0.39 is 0 Å². The van der Waals surface area contributed by atoms with E-state index in [0.717, 1.165) is 0 Å². The van der Waals surface area contributed by atoms with Gasteiger partial charge in [0.05, 0.1) is 30.3 Å². The fourth-order valence-electron chi connectivity index (χ4n) is 2.74. The van der Waals surface area contributed by atoms with E-state index in [1.54, 1.807) is 42.5 Å². The smallest absolute Gasteiger partial charge is 0.272 e. The second kappa shape index (κ2) is 7.69. The van der Waals surface area contributed by atoms with Crippen molar-refractivity contribution in [3.63, 3.8) is 0 Å². The molecule has 2 aromatic carbocycles. The molecule has 8 heteroatoms. The van der Waals surface area contributed by atoms with E-state index in [0.29, 0.717) is 33.6 Å². The van der Waals surface area contributed by atoms with E-state index in [1.165, 1.54) is 14.0 Å². The normalized spacial score (nSPS) is 10.4. The van der Waals surface area contributed by atoms with Crippen LogP contribution in [-0.4, -0.2) is 29.1 Å². The summed E-state index contributed by atoms with van der Waals surface area (Å²) in [7, 11) is 1.49. The fourth-order valence-corrected chi connectivity index (χ4v) is 2.74. The summed E-state index contributed by atoms with van der Waals surface area (Å²) < 4.78 is 5.19. The van der Waals surface area contributed by atoms with Crippen LogP contribution < -0.4 is 20.9 Å². The van der Waals surface area contributed by atoms with Crippen molar-refractivity contribution >= 4 is 34.0 Å². The minimum Gasteiger partial charge on any atom is -0.495 e. The second-order valence-electron chi connectivity index (χ2n) is 5.87. The molecular formula is C19H18N4O4. The molecule has 0 aliphatic heterocycles. The Bertz CT molecular complexity index is 1070. The molecule has 0 spiro atoms. The van der Waals surface area contributed by atoms with Gasteiger partial charge in [-0.15, -0.1) is 0 Å². The highest BCUT2D eigenvalue weighted by Gasteiger charge is 2.12. The molecule has 3 N–H and O–H groups in total. The van der Waals surface area contributed by atoms with Crippen molar-refractivity contribution in [2.24, 2.45) is 0 Å². The lowest BCUT2D eigenvalue weighted by Gasteiger charge is -2.12. The summed E-state index contributed by atoms with van der Waals surface area (Å²) >= 11 is 0. The quantitative estimate of drug-likeness (QED) is 0.640. The Balaban J connectivity index is 1.82. The number of amides is 2. The van der Waals surface area contributed by atoms with Crippen molar-refractivity contribution in [1.82, 2.24) is 10.2 Å². The van der Waals surface area contributed by atoms with E-state index in [2.05, 4.69) is 20.8 Å². The standard InChI is InChI=1S/C19H18N4O4/c1-11(24)20-16-9-12(7-8-17(16)27-2)21-18(25)10-15-13-5-3-4-6-14(13)19(26)23-22-15/h3-9H,10H2,1-2H3,(H,20,24)(H,21,25)(H,23,26). The molecular weight excluding hydrogens is 348 g/mol. The summed E-state index contributed by atoms with van der Waals surface area (Å²) in [4.78, 5) is 35.6. The number of nitrogens with zero attached hydrogens (tertiary/aromatic N) is 1. The molecule has 0 aliphatic carbocycles. The van der Waals surface area contributed by atoms with Crippen molar-refractivity contribution in [3.05, 3.63) is 58.5 Å². The summed E-state index contributed by atoms with van der Waals surface area (Å²) in [5.74, 6) is -0.0733. The van der Waals surface area contributed by atoms with Crippen LogP contribution in [0, 0.1) is 0 Å². The number of benzene rings is 2. The number of aromatic nitrogens is 2. The minimum atomic E-state index is -0.307.